The summed E-state index contributed by atoms with van der Waals surface area (Å²) in [7, 11) is 0. The molecule has 0 unspecified atom stereocenters. The van der Waals surface area contributed by atoms with E-state index in [0.29, 0.717) is 16.8 Å². The average Bonchev–Trinajstić information content (AvgIpc) is 2.29. The van der Waals surface area contributed by atoms with Crippen LogP contribution in [0.25, 0.3) is 0 Å². The van der Waals surface area contributed by atoms with Crippen LogP contribution in [-0.2, 0) is 6.42 Å². The van der Waals surface area contributed by atoms with Gasteiger partial charge in [-0.2, -0.15) is 0 Å². The molecule has 0 radical (unpaired) electrons. The van der Waals surface area contributed by atoms with Gasteiger partial charge in [-0.3, -0.25) is 15.8 Å². The molecule has 17 heavy (non-hydrogen) atoms. The van der Waals surface area contributed by atoms with Crippen molar-refractivity contribution in [3.05, 3.63) is 33.1 Å². The summed E-state index contributed by atoms with van der Waals surface area (Å²) in [4.78, 5) is 10.1. The van der Waals surface area contributed by atoms with Gasteiger partial charge in [0, 0.05) is 6.42 Å². The summed E-state index contributed by atoms with van der Waals surface area (Å²) in [5.74, 6) is -0.121. The topological polar surface area (TPSA) is 96.1 Å². The van der Waals surface area contributed by atoms with Crippen LogP contribution in [0.1, 0.15) is 38.3 Å². The van der Waals surface area contributed by atoms with Gasteiger partial charge < -0.3 is 5.21 Å². The van der Waals surface area contributed by atoms with Crippen LogP contribution in [0.5, 0.6) is 0 Å². The van der Waals surface area contributed by atoms with E-state index < -0.39 is 4.92 Å². The predicted molar refractivity (Wildman–Crippen MR) is 64.3 cm³/mol. The van der Waals surface area contributed by atoms with Gasteiger partial charge in [-0.05, 0) is 6.42 Å². The Morgan fingerprint density at radius 3 is 2.65 bits per heavy atom. The first-order chi connectivity index (χ1) is 8.06. The summed E-state index contributed by atoms with van der Waals surface area (Å²) in [5, 5.41) is 22.2. The normalized spacial score (nSPS) is 10.4. The molecular formula is C11H17N3O3. The Balaban J connectivity index is 2.79. The van der Waals surface area contributed by atoms with Crippen molar-refractivity contribution in [3.63, 3.8) is 0 Å². The molecule has 0 aromatic carbocycles. The highest BCUT2D eigenvalue weighted by Gasteiger charge is 2.15. The highest BCUT2D eigenvalue weighted by molar-refractivity contribution is 5.38. The van der Waals surface area contributed by atoms with Gasteiger partial charge in [0.05, 0.1) is 11.0 Å². The van der Waals surface area contributed by atoms with Gasteiger partial charge in [0.1, 0.15) is 11.8 Å². The maximum absolute atomic E-state index is 11.6. The maximum atomic E-state index is 11.6. The summed E-state index contributed by atoms with van der Waals surface area (Å²) >= 11 is 0. The van der Waals surface area contributed by atoms with E-state index in [0.717, 1.165) is 31.7 Å². The van der Waals surface area contributed by atoms with E-state index in [2.05, 4.69) is 6.92 Å². The van der Waals surface area contributed by atoms with Gasteiger partial charge in [-0.15, -0.1) is 0 Å². The molecule has 0 saturated carbocycles. The van der Waals surface area contributed by atoms with Crippen molar-refractivity contribution in [1.29, 1.82) is 0 Å². The third kappa shape index (κ3) is 3.58. The van der Waals surface area contributed by atoms with E-state index in [1.807, 2.05) is 0 Å². The van der Waals surface area contributed by atoms with E-state index in [1.54, 1.807) is 0 Å². The molecule has 1 heterocycles. The third-order valence-corrected chi connectivity index (χ3v) is 2.60. The zero-order chi connectivity index (χ0) is 12.8. The highest BCUT2D eigenvalue weighted by atomic mass is 16.6. The second-order valence-electron chi connectivity index (χ2n) is 3.99. The first-order valence-corrected chi connectivity index (χ1v) is 5.72. The van der Waals surface area contributed by atoms with Crippen molar-refractivity contribution < 1.29 is 9.65 Å². The number of nitrogen functional groups attached to an aromatic ring is 1. The van der Waals surface area contributed by atoms with Crippen LogP contribution in [0.15, 0.2) is 12.1 Å². The lowest BCUT2D eigenvalue weighted by atomic mass is 10.1. The van der Waals surface area contributed by atoms with Crippen molar-refractivity contribution >= 4 is 11.5 Å². The second-order valence-corrected chi connectivity index (χ2v) is 3.99. The Morgan fingerprint density at radius 2 is 2.06 bits per heavy atom. The second kappa shape index (κ2) is 6.03. The first-order valence-electron chi connectivity index (χ1n) is 5.72. The van der Waals surface area contributed by atoms with E-state index in [4.69, 9.17) is 5.73 Å². The van der Waals surface area contributed by atoms with Crippen LogP contribution in [0.3, 0.4) is 0 Å². The Labute approximate surface area is 99.8 Å². The molecule has 0 fully saturated rings. The Hall–Kier alpha value is -1.85. The lowest BCUT2D eigenvalue weighted by Gasteiger charge is -2.11. The van der Waals surface area contributed by atoms with Gasteiger partial charge in [0.2, 0.25) is 0 Å². The van der Waals surface area contributed by atoms with Crippen molar-refractivity contribution in [1.82, 2.24) is 0 Å². The Morgan fingerprint density at radius 1 is 1.35 bits per heavy atom. The lowest BCUT2D eigenvalue weighted by molar-refractivity contribution is -0.599. The molecule has 2 N–H and O–H groups in total. The molecule has 6 heteroatoms. The number of hydrogen-bond acceptors (Lipinski definition) is 4. The molecule has 0 aliphatic heterocycles. The third-order valence-electron chi connectivity index (χ3n) is 2.60. The van der Waals surface area contributed by atoms with Crippen molar-refractivity contribution in [3.8, 4) is 0 Å². The zero-order valence-corrected chi connectivity index (χ0v) is 9.89. The molecule has 0 amide bonds. The smallest absolute Gasteiger partial charge is 0.282 e. The number of aromatic nitrogens is 1. The number of nitro groups is 1. The van der Waals surface area contributed by atoms with Gasteiger partial charge in [-0.1, -0.05) is 26.2 Å². The van der Waals surface area contributed by atoms with E-state index in [1.165, 1.54) is 6.07 Å². The molecule has 0 saturated heterocycles. The van der Waals surface area contributed by atoms with Gasteiger partial charge >= 0.3 is 0 Å². The quantitative estimate of drug-likeness (QED) is 0.270. The Bertz CT molecular complexity index is 407. The molecule has 6 nitrogen and oxygen atoms in total. The average molecular weight is 239 g/mol. The van der Waals surface area contributed by atoms with Crippen LogP contribution in [0.4, 0.5) is 11.5 Å². The molecular weight excluding hydrogens is 222 g/mol. The molecule has 1 rings (SSSR count). The molecule has 0 aliphatic rings. The monoisotopic (exact) mass is 239 g/mol. The van der Waals surface area contributed by atoms with E-state index >= 15 is 0 Å². The predicted octanol–water partition coefficient (Wildman–Crippen LogP) is 1.93. The molecule has 0 spiro atoms. The minimum Gasteiger partial charge on any atom is -0.710 e. The lowest BCUT2D eigenvalue weighted by Crippen LogP contribution is -2.35. The number of unbranched alkanes of at least 4 members (excludes halogenated alkanes) is 3. The fourth-order valence-electron chi connectivity index (χ4n) is 1.66. The summed E-state index contributed by atoms with van der Waals surface area (Å²) in [6.45, 7) is 2.10. The highest BCUT2D eigenvalue weighted by Crippen LogP contribution is 2.15. The zero-order valence-electron chi connectivity index (χ0n) is 9.89. The number of pyridine rings is 1. The van der Waals surface area contributed by atoms with Crippen LogP contribution in [0, 0.1) is 15.3 Å². The largest absolute Gasteiger partial charge is 0.710 e. The van der Waals surface area contributed by atoms with Crippen molar-refractivity contribution in [2.24, 2.45) is 0 Å². The maximum Gasteiger partial charge on any atom is 0.282 e. The fourth-order valence-corrected chi connectivity index (χ4v) is 1.66. The summed E-state index contributed by atoms with van der Waals surface area (Å²) in [6.07, 6.45) is 4.59. The molecule has 0 atom stereocenters. The number of aryl methyl sites for hydroxylation is 1. The van der Waals surface area contributed by atoms with Crippen molar-refractivity contribution in [2.75, 3.05) is 5.73 Å². The molecule has 1 aromatic heterocycles. The van der Waals surface area contributed by atoms with Gasteiger partial charge in [0.25, 0.3) is 11.5 Å². The van der Waals surface area contributed by atoms with Crippen LogP contribution >= 0.6 is 0 Å². The minimum absolute atomic E-state index is 0.121. The first kappa shape index (κ1) is 13.2. The molecule has 0 aliphatic carbocycles. The molecule has 94 valence electrons. The van der Waals surface area contributed by atoms with Gasteiger partial charge in [-0.25, -0.2) is 4.73 Å². The van der Waals surface area contributed by atoms with Gasteiger partial charge in [0.15, 0.2) is 0 Å². The SMILES string of the molecule is CCCCCCc1cc([N+](=O)[O-])cc(N)[n+]1[O-]. The summed E-state index contributed by atoms with van der Waals surface area (Å²) in [5.41, 5.74) is 5.68. The minimum atomic E-state index is -0.536. The van der Waals surface area contributed by atoms with Crippen LogP contribution in [-0.4, -0.2) is 4.92 Å². The number of nitrogens with zero attached hydrogens (tertiary/aromatic N) is 2. The summed E-state index contributed by atoms with van der Waals surface area (Å²) < 4.78 is 0.568. The number of nitrogens with two attached hydrogens (primary N) is 1. The fraction of sp³-hybridized carbons (Fsp3) is 0.545. The molecule has 1 aromatic rings. The van der Waals surface area contributed by atoms with Crippen LogP contribution < -0.4 is 10.5 Å². The standard InChI is InChI=1S/C11H17N3O3/c1-2-3-4-5-6-9-7-10(14(16)17)8-11(12)13(9)15/h7-8H,2-6,12H2,1H3. The molecule has 0 bridgehead atoms. The van der Waals surface area contributed by atoms with Crippen molar-refractivity contribution in [2.45, 2.75) is 39.0 Å². The van der Waals surface area contributed by atoms with Crippen LogP contribution in [0.2, 0.25) is 0 Å². The van der Waals surface area contributed by atoms with E-state index in [-0.39, 0.29) is 11.5 Å². The number of rotatable bonds is 6. The Kier molecular flexibility index (Phi) is 4.68. The van der Waals surface area contributed by atoms with E-state index in [9.17, 15) is 15.3 Å². The number of hydrogen-bond donors (Lipinski definition) is 1. The number of anilines is 1. The summed E-state index contributed by atoms with van der Waals surface area (Å²) in [6, 6.07) is 2.39.